The average Bonchev–Trinajstić information content (AvgIpc) is 2.74. The smallest absolute Gasteiger partial charge is 0.243 e. The molecule has 0 spiro atoms. The van der Waals surface area contributed by atoms with Crippen molar-refractivity contribution < 1.29 is 8.42 Å². The Balaban J connectivity index is 1.47. The van der Waals surface area contributed by atoms with Crippen molar-refractivity contribution in [3.8, 4) is 0 Å². The van der Waals surface area contributed by atoms with Gasteiger partial charge in [-0.1, -0.05) is 17.7 Å². The number of anilines is 2. The molecular formula is C20H26ClN5O2S. The molecule has 3 heterocycles. The zero-order valence-electron chi connectivity index (χ0n) is 16.6. The SMILES string of the molecule is Cc1nc(N2CCCCC2)cc(N2CCN(S(=O)(=O)c3cccc(Cl)c3)CC2)n1. The molecule has 0 aliphatic carbocycles. The molecule has 0 bridgehead atoms. The normalized spacial score (nSPS) is 18.8. The van der Waals surface area contributed by atoms with Crippen LogP contribution in [0.4, 0.5) is 11.6 Å². The Morgan fingerprint density at radius 2 is 1.48 bits per heavy atom. The predicted molar refractivity (Wildman–Crippen MR) is 115 cm³/mol. The van der Waals surface area contributed by atoms with E-state index in [0.29, 0.717) is 31.2 Å². The molecule has 2 aliphatic rings. The Hall–Kier alpha value is -1.90. The van der Waals surface area contributed by atoms with Crippen LogP contribution in [0.2, 0.25) is 5.02 Å². The summed E-state index contributed by atoms with van der Waals surface area (Å²) in [6.07, 6.45) is 3.66. The van der Waals surface area contributed by atoms with E-state index in [1.165, 1.54) is 29.6 Å². The number of benzene rings is 1. The van der Waals surface area contributed by atoms with Crippen molar-refractivity contribution in [3.63, 3.8) is 0 Å². The number of piperidine rings is 1. The lowest BCUT2D eigenvalue weighted by atomic mass is 10.1. The summed E-state index contributed by atoms with van der Waals surface area (Å²) in [7, 11) is -3.54. The average molecular weight is 436 g/mol. The van der Waals surface area contributed by atoms with Crippen molar-refractivity contribution >= 4 is 33.3 Å². The van der Waals surface area contributed by atoms with Crippen LogP contribution in [-0.2, 0) is 10.0 Å². The molecule has 7 nitrogen and oxygen atoms in total. The molecule has 4 rings (SSSR count). The van der Waals surface area contributed by atoms with Gasteiger partial charge in [-0.3, -0.25) is 0 Å². The third-order valence-electron chi connectivity index (χ3n) is 5.49. The Morgan fingerprint density at radius 3 is 2.10 bits per heavy atom. The van der Waals surface area contributed by atoms with Crippen molar-refractivity contribution in [2.45, 2.75) is 31.1 Å². The molecule has 156 valence electrons. The maximum Gasteiger partial charge on any atom is 0.243 e. The molecule has 2 saturated heterocycles. The first-order valence-corrected chi connectivity index (χ1v) is 11.9. The van der Waals surface area contributed by atoms with Gasteiger partial charge in [-0.05, 0) is 44.4 Å². The quantitative estimate of drug-likeness (QED) is 0.735. The van der Waals surface area contributed by atoms with E-state index in [1.54, 1.807) is 18.2 Å². The topological polar surface area (TPSA) is 69.6 Å². The molecule has 1 aromatic heterocycles. The summed E-state index contributed by atoms with van der Waals surface area (Å²) < 4.78 is 27.4. The van der Waals surface area contributed by atoms with Gasteiger partial charge >= 0.3 is 0 Å². The minimum Gasteiger partial charge on any atom is -0.356 e. The summed E-state index contributed by atoms with van der Waals surface area (Å²) in [5, 5.41) is 0.423. The lowest BCUT2D eigenvalue weighted by Gasteiger charge is -2.35. The summed E-state index contributed by atoms with van der Waals surface area (Å²) in [5.74, 6) is 2.59. The van der Waals surface area contributed by atoms with Crippen LogP contribution in [0.25, 0.3) is 0 Å². The van der Waals surface area contributed by atoms with Gasteiger partial charge in [-0.2, -0.15) is 4.31 Å². The third kappa shape index (κ3) is 4.49. The van der Waals surface area contributed by atoms with Crippen molar-refractivity contribution in [1.29, 1.82) is 0 Å². The van der Waals surface area contributed by atoms with Crippen molar-refractivity contribution in [2.75, 3.05) is 49.1 Å². The van der Waals surface area contributed by atoms with E-state index < -0.39 is 10.0 Å². The van der Waals surface area contributed by atoms with E-state index in [4.69, 9.17) is 11.6 Å². The van der Waals surface area contributed by atoms with E-state index >= 15 is 0 Å². The second-order valence-electron chi connectivity index (χ2n) is 7.53. The zero-order valence-corrected chi connectivity index (χ0v) is 18.2. The summed E-state index contributed by atoms with van der Waals surface area (Å²) in [5.41, 5.74) is 0. The Labute approximate surface area is 177 Å². The number of rotatable bonds is 4. The van der Waals surface area contributed by atoms with Gasteiger partial charge in [0, 0.05) is 50.4 Å². The summed E-state index contributed by atoms with van der Waals surface area (Å²) in [4.78, 5) is 13.9. The van der Waals surface area contributed by atoms with E-state index in [9.17, 15) is 8.42 Å². The predicted octanol–water partition coefficient (Wildman–Crippen LogP) is 2.94. The van der Waals surface area contributed by atoms with E-state index in [-0.39, 0.29) is 4.90 Å². The standard InChI is InChI=1S/C20H26ClN5O2S/c1-16-22-19(24-8-3-2-4-9-24)15-20(23-16)25-10-12-26(13-11-25)29(27,28)18-7-5-6-17(21)14-18/h5-7,14-15H,2-4,8-13H2,1H3. The van der Waals surface area contributed by atoms with Crippen LogP contribution in [0, 0.1) is 6.92 Å². The van der Waals surface area contributed by atoms with E-state index in [0.717, 1.165) is 30.5 Å². The first-order chi connectivity index (χ1) is 13.9. The summed E-state index contributed by atoms with van der Waals surface area (Å²) in [6, 6.07) is 8.47. The summed E-state index contributed by atoms with van der Waals surface area (Å²) >= 11 is 5.98. The Kier molecular flexibility index (Phi) is 5.94. The van der Waals surface area contributed by atoms with Gasteiger partial charge in [0.25, 0.3) is 0 Å². The van der Waals surface area contributed by atoms with Crippen molar-refractivity contribution in [2.24, 2.45) is 0 Å². The molecule has 1 aromatic carbocycles. The third-order valence-corrected chi connectivity index (χ3v) is 7.62. The molecule has 2 fully saturated rings. The Bertz CT molecular complexity index is 971. The van der Waals surface area contributed by atoms with E-state index in [2.05, 4.69) is 19.8 Å². The highest BCUT2D eigenvalue weighted by Gasteiger charge is 2.29. The number of halogens is 1. The molecule has 9 heteroatoms. The number of piperazine rings is 1. The highest BCUT2D eigenvalue weighted by Crippen LogP contribution is 2.25. The van der Waals surface area contributed by atoms with Gasteiger partial charge in [0.05, 0.1) is 4.90 Å². The fourth-order valence-electron chi connectivity index (χ4n) is 3.92. The Morgan fingerprint density at radius 1 is 0.862 bits per heavy atom. The maximum atomic E-state index is 12.9. The molecule has 0 radical (unpaired) electrons. The van der Waals surface area contributed by atoms with Gasteiger partial charge in [0.2, 0.25) is 10.0 Å². The first kappa shape index (κ1) is 20.4. The molecule has 0 atom stereocenters. The lowest BCUT2D eigenvalue weighted by Crippen LogP contribution is -2.49. The van der Waals surface area contributed by atoms with Gasteiger partial charge in [-0.15, -0.1) is 0 Å². The number of aryl methyl sites for hydroxylation is 1. The number of hydrogen-bond acceptors (Lipinski definition) is 6. The number of sulfonamides is 1. The van der Waals surface area contributed by atoms with Gasteiger partial charge in [0.15, 0.2) is 0 Å². The van der Waals surface area contributed by atoms with Crippen LogP contribution in [0.3, 0.4) is 0 Å². The van der Waals surface area contributed by atoms with Crippen molar-refractivity contribution in [3.05, 3.63) is 41.2 Å². The second-order valence-corrected chi connectivity index (χ2v) is 9.90. The molecule has 2 aliphatic heterocycles. The molecular weight excluding hydrogens is 410 g/mol. The molecule has 2 aromatic rings. The summed E-state index contributed by atoms with van der Waals surface area (Å²) in [6.45, 7) is 5.99. The molecule has 0 unspecified atom stereocenters. The van der Waals surface area contributed by atoms with Crippen LogP contribution in [0.5, 0.6) is 0 Å². The maximum absolute atomic E-state index is 12.9. The number of aromatic nitrogens is 2. The highest BCUT2D eigenvalue weighted by molar-refractivity contribution is 7.89. The first-order valence-electron chi connectivity index (χ1n) is 10.0. The van der Waals surface area contributed by atoms with Gasteiger partial charge < -0.3 is 9.80 Å². The fourth-order valence-corrected chi connectivity index (χ4v) is 5.64. The van der Waals surface area contributed by atoms with Crippen LogP contribution in [0.15, 0.2) is 35.2 Å². The zero-order chi connectivity index (χ0) is 20.4. The van der Waals surface area contributed by atoms with Crippen LogP contribution < -0.4 is 9.80 Å². The van der Waals surface area contributed by atoms with Crippen LogP contribution >= 0.6 is 11.6 Å². The second kappa shape index (κ2) is 8.45. The fraction of sp³-hybridized carbons (Fsp3) is 0.500. The minimum atomic E-state index is -3.54. The number of hydrogen-bond donors (Lipinski definition) is 0. The van der Waals surface area contributed by atoms with Crippen LogP contribution in [-0.4, -0.2) is 62.0 Å². The van der Waals surface area contributed by atoms with E-state index in [1.807, 2.05) is 13.0 Å². The highest BCUT2D eigenvalue weighted by atomic mass is 35.5. The molecule has 0 amide bonds. The lowest BCUT2D eigenvalue weighted by molar-refractivity contribution is 0.383. The monoisotopic (exact) mass is 435 g/mol. The van der Waals surface area contributed by atoms with Crippen LogP contribution in [0.1, 0.15) is 25.1 Å². The van der Waals surface area contributed by atoms with Gasteiger partial charge in [0.1, 0.15) is 17.5 Å². The van der Waals surface area contributed by atoms with Gasteiger partial charge in [-0.25, -0.2) is 18.4 Å². The van der Waals surface area contributed by atoms with Crippen molar-refractivity contribution in [1.82, 2.24) is 14.3 Å². The molecule has 29 heavy (non-hydrogen) atoms. The minimum absolute atomic E-state index is 0.240. The molecule has 0 N–H and O–H groups in total. The largest absolute Gasteiger partial charge is 0.356 e. The molecule has 0 saturated carbocycles. The number of nitrogens with zero attached hydrogens (tertiary/aromatic N) is 5.